The van der Waals surface area contributed by atoms with Crippen molar-refractivity contribution >= 4 is 40.9 Å². The van der Waals surface area contributed by atoms with E-state index in [1.165, 1.54) is 23.5 Å². The highest BCUT2D eigenvalue weighted by molar-refractivity contribution is 7.99. The minimum absolute atomic E-state index is 0.596. The number of thioether (sulfide) groups is 1. The summed E-state index contributed by atoms with van der Waals surface area (Å²) in [5.74, 6) is 5.98. The summed E-state index contributed by atoms with van der Waals surface area (Å²) < 4.78 is 0. The molecule has 3 N–H and O–H groups in total. The van der Waals surface area contributed by atoms with E-state index in [1.54, 1.807) is 6.07 Å². The average Bonchev–Trinajstić information content (AvgIpc) is 2.38. The van der Waals surface area contributed by atoms with Crippen LogP contribution < -0.4 is 11.3 Å². The molecule has 4 nitrogen and oxygen atoms in total. The van der Waals surface area contributed by atoms with Crippen LogP contribution in [0.2, 0.25) is 5.02 Å². The molecule has 0 atom stereocenters. The summed E-state index contributed by atoms with van der Waals surface area (Å²) in [5, 5.41) is 2.20. The first-order valence-electron chi connectivity index (χ1n) is 5.04. The van der Waals surface area contributed by atoms with E-state index in [9.17, 15) is 0 Å². The Balaban J connectivity index is 2.28. The van der Waals surface area contributed by atoms with Gasteiger partial charge in [-0.2, -0.15) is 0 Å². The van der Waals surface area contributed by atoms with Crippen molar-refractivity contribution in [2.75, 3.05) is 11.7 Å². The fraction of sp³-hybridized carbons (Fsp3) is 0.0909. The minimum Gasteiger partial charge on any atom is -0.308 e. The molecule has 0 aliphatic carbocycles. The number of hydrogen-bond acceptors (Lipinski definition) is 6. The molecule has 1 heterocycles. The maximum atomic E-state index is 5.95. The predicted molar refractivity (Wildman–Crippen MR) is 77.2 cm³/mol. The van der Waals surface area contributed by atoms with Gasteiger partial charge in [-0.1, -0.05) is 41.2 Å². The fourth-order valence-electron chi connectivity index (χ4n) is 1.27. The van der Waals surface area contributed by atoms with Crippen LogP contribution in [0.4, 0.5) is 5.82 Å². The number of nitrogens with two attached hydrogens (primary N) is 1. The van der Waals surface area contributed by atoms with Crippen LogP contribution in [0.15, 0.2) is 45.4 Å². The Kier molecular flexibility index (Phi) is 4.71. The van der Waals surface area contributed by atoms with Gasteiger partial charge in [-0.05, 0) is 24.5 Å². The van der Waals surface area contributed by atoms with Gasteiger partial charge in [-0.3, -0.25) is 0 Å². The van der Waals surface area contributed by atoms with Crippen LogP contribution in [0, 0.1) is 0 Å². The number of nitrogens with one attached hydrogen (secondary N) is 1. The molecular formula is C11H11ClN4S2. The molecule has 94 valence electrons. The third-order valence-corrected chi connectivity index (χ3v) is 3.72. The fourth-order valence-corrected chi connectivity index (χ4v) is 2.84. The van der Waals surface area contributed by atoms with Crippen molar-refractivity contribution in [3.8, 4) is 0 Å². The van der Waals surface area contributed by atoms with E-state index >= 15 is 0 Å². The van der Waals surface area contributed by atoms with Gasteiger partial charge in [0.25, 0.3) is 0 Å². The lowest BCUT2D eigenvalue weighted by molar-refractivity contribution is 0.893. The quantitative estimate of drug-likeness (QED) is 0.297. The number of rotatable bonds is 4. The molecule has 0 bridgehead atoms. The van der Waals surface area contributed by atoms with Crippen molar-refractivity contribution in [2.45, 2.75) is 15.1 Å². The van der Waals surface area contributed by atoms with Crippen LogP contribution in [0.3, 0.4) is 0 Å². The molecule has 0 radical (unpaired) electrons. The van der Waals surface area contributed by atoms with E-state index < -0.39 is 0 Å². The highest BCUT2D eigenvalue weighted by Gasteiger charge is 2.05. The normalized spacial score (nSPS) is 10.4. The zero-order valence-corrected chi connectivity index (χ0v) is 11.9. The van der Waals surface area contributed by atoms with Crippen LogP contribution in [-0.4, -0.2) is 16.2 Å². The number of hydrogen-bond donors (Lipinski definition) is 2. The van der Waals surface area contributed by atoms with Crippen molar-refractivity contribution in [1.82, 2.24) is 9.97 Å². The summed E-state index contributed by atoms with van der Waals surface area (Å²) in [7, 11) is 0. The van der Waals surface area contributed by atoms with Crippen LogP contribution in [-0.2, 0) is 0 Å². The second-order valence-corrected chi connectivity index (χ2v) is 5.59. The topological polar surface area (TPSA) is 63.8 Å². The molecule has 0 saturated carbocycles. The summed E-state index contributed by atoms with van der Waals surface area (Å²) >= 11 is 8.93. The van der Waals surface area contributed by atoms with E-state index in [4.69, 9.17) is 17.4 Å². The Morgan fingerprint density at radius 1 is 1.28 bits per heavy atom. The summed E-state index contributed by atoms with van der Waals surface area (Å²) in [4.78, 5) is 9.63. The third kappa shape index (κ3) is 3.52. The summed E-state index contributed by atoms with van der Waals surface area (Å²) in [6.45, 7) is 0. The van der Waals surface area contributed by atoms with E-state index in [0.29, 0.717) is 16.0 Å². The number of nitrogen functional groups attached to an aromatic ring is 1. The van der Waals surface area contributed by atoms with Gasteiger partial charge >= 0.3 is 0 Å². The van der Waals surface area contributed by atoms with Crippen molar-refractivity contribution < 1.29 is 0 Å². The number of hydrazine groups is 1. The first-order chi connectivity index (χ1) is 8.71. The van der Waals surface area contributed by atoms with Gasteiger partial charge in [0.15, 0.2) is 5.16 Å². The minimum atomic E-state index is 0.596. The molecule has 0 spiro atoms. The van der Waals surface area contributed by atoms with Crippen molar-refractivity contribution in [3.63, 3.8) is 0 Å². The van der Waals surface area contributed by atoms with Crippen LogP contribution in [0.1, 0.15) is 0 Å². The van der Waals surface area contributed by atoms with Gasteiger partial charge in [-0.15, -0.1) is 0 Å². The average molecular weight is 299 g/mol. The van der Waals surface area contributed by atoms with E-state index in [2.05, 4.69) is 15.4 Å². The molecule has 1 aromatic heterocycles. The van der Waals surface area contributed by atoms with E-state index in [1.807, 2.05) is 30.5 Å². The lowest BCUT2D eigenvalue weighted by atomic mass is 10.4. The smallest absolute Gasteiger partial charge is 0.190 e. The van der Waals surface area contributed by atoms with Crippen molar-refractivity contribution in [2.24, 2.45) is 5.84 Å². The van der Waals surface area contributed by atoms with Gasteiger partial charge in [0, 0.05) is 16.0 Å². The molecule has 0 aliphatic heterocycles. The molecule has 1 aromatic carbocycles. The van der Waals surface area contributed by atoms with Crippen molar-refractivity contribution in [3.05, 3.63) is 35.4 Å². The van der Waals surface area contributed by atoms with Crippen LogP contribution in [0.25, 0.3) is 0 Å². The van der Waals surface area contributed by atoms with Gasteiger partial charge in [0.1, 0.15) is 10.8 Å². The third-order valence-electron chi connectivity index (χ3n) is 2.03. The largest absolute Gasteiger partial charge is 0.308 e. The van der Waals surface area contributed by atoms with Gasteiger partial charge in [0.05, 0.1) is 0 Å². The molecule has 0 fully saturated rings. The Labute approximate surface area is 119 Å². The predicted octanol–water partition coefficient (Wildman–Crippen LogP) is 3.29. The molecule has 0 unspecified atom stereocenters. The Hall–Kier alpha value is -0.950. The van der Waals surface area contributed by atoms with Crippen LogP contribution in [0.5, 0.6) is 0 Å². The molecule has 18 heavy (non-hydrogen) atoms. The number of anilines is 1. The number of nitrogens with zero attached hydrogens (tertiary/aromatic N) is 2. The lowest BCUT2D eigenvalue weighted by Gasteiger charge is -2.06. The summed E-state index contributed by atoms with van der Waals surface area (Å²) in [6, 6.07) is 9.41. The summed E-state index contributed by atoms with van der Waals surface area (Å²) in [5.41, 5.74) is 2.54. The highest BCUT2D eigenvalue weighted by atomic mass is 35.5. The first kappa shape index (κ1) is 13.5. The zero-order chi connectivity index (χ0) is 13.0. The van der Waals surface area contributed by atoms with E-state index in [-0.39, 0.29) is 0 Å². The molecule has 0 saturated heterocycles. The lowest BCUT2D eigenvalue weighted by Crippen LogP contribution is -2.09. The number of benzene rings is 1. The Morgan fingerprint density at radius 2 is 2.11 bits per heavy atom. The molecule has 2 aromatic rings. The maximum absolute atomic E-state index is 5.95. The molecular weight excluding hydrogens is 288 g/mol. The second kappa shape index (κ2) is 6.29. The Morgan fingerprint density at radius 3 is 2.78 bits per heavy atom. The first-order valence-corrected chi connectivity index (χ1v) is 7.46. The monoisotopic (exact) mass is 298 g/mol. The standard InChI is InChI=1S/C11H11ClN4S2/c1-17-11-14-9(16-13)6-10(15-11)18-8-4-2-3-7(12)5-8/h2-6H,13H2,1H3,(H,14,15,16). The maximum Gasteiger partial charge on any atom is 0.190 e. The van der Waals surface area contributed by atoms with Crippen LogP contribution >= 0.6 is 35.1 Å². The molecule has 0 amide bonds. The van der Waals surface area contributed by atoms with Crippen molar-refractivity contribution in [1.29, 1.82) is 0 Å². The highest BCUT2D eigenvalue weighted by Crippen LogP contribution is 2.30. The Bertz CT molecular complexity index is 528. The summed E-state index contributed by atoms with van der Waals surface area (Å²) in [6.07, 6.45) is 1.92. The SMILES string of the molecule is CSc1nc(NN)cc(Sc2cccc(Cl)c2)n1. The number of halogens is 1. The second-order valence-electron chi connectivity index (χ2n) is 3.28. The van der Waals surface area contributed by atoms with E-state index in [0.717, 1.165) is 9.92 Å². The van der Waals surface area contributed by atoms with Gasteiger partial charge in [-0.25, -0.2) is 15.8 Å². The van der Waals surface area contributed by atoms with Gasteiger partial charge in [0.2, 0.25) is 0 Å². The van der Waals surface area contributed by atoms with Gasteiger partial charge < -0.3 is 5.43 Å². The molecule has 7 heteroatoms. The zero-order valence-electron chi connectivity index (χ0n) is 9.55. The molecule has 2 rings (SSSR count). The molecule has 0 aliphatic rings. The number of aromatic nitrogens is 2.